The third kappa shape index (κ3) is 5.52. The van der Waals surface area contributed by atoms with Crippen LogP contribution in [0.1, 0.15) is 39.9 Å². The van der Waals surface area contributed by atoms with Gasteiger partial charge in [0.25, 0.3) is 5.91 Å². The summed E-state index contributed by atoms with van der Waals surface area (Å²) in [6.45, 7) is 4.48. The van der Waals surface area contributed by atoms with Gasteiger partial charge in [-0.15, -0.1) is 0 Å². The number of amides is 2. The maximum atomic E-state index is 12.9. The van der Waals surface area contributed by atoms with Crippen molar-refractivity contribution < 1.29 is 9.59 Å². The van der Waals surface area contributed by atoms with Crippen molar-refractivity contribution in [3.8, 4) is 0 Å². The molecular weight excluding hydrogens is 406 g/mol. The lowest BCUT2D eigenvalue weighted by molar-refractivity contribution is -0.117. The molecule has 158 valence electrons. The van der Waals surface area contributed by atoms with Gasteiger partial charge in [0.05, 0.1) is 5.56 Å². The smallest absolute Gasteiger partial charge is 0.254 e. The van der Waals surface area contributed by atoms with Crippen LogP contribution in [0.5, 0.6) is 0 Å². The quantitative estimate of drug-likeness (QED) is 0.544. The summed E-state index contributed by atoms with van der Waals surface area (Å²) in [5.41, 5.74) is 4.55. The highest BCUT2D eigenvalue weighted by atomic mass is 32.2. The monoisotopic (exact) mass is 431 g/mol. The molecule has 31 heavy (non-hydrogen) atoms. The fourth-order valence-electron chi connectivity index (χ4n) is 3.19. The minimum Gasteiger partial charge on any atom is -0.348 e. The molecular formula is C25H25N3O2S. The average Bonchev–Trinajstić information content (AvgIpc) is 3.61. The Morgan fingerprint density at radius 1 is 1.06 bits per heavy atom. The summed E-state index contributed by atoms with van der Waals surface area (Å²) < 4.78 is 0. The van der Waals surface area contributed by atoms with Crippen LogP contribution in [0, 0.1) is 19.8 Å². The maximum Gasteiger partial charge on any atom is 0.254 e. The van der Waals surface area contributed by atoms with E-state index in [1.165, 1.54) is 17.3 Å². The molecule has 0 spiro atoms. The van der Waals surface area contributed by atoms with Crippen molar-refractivity contribution in [2.24, 2.45) is 5.92 Å². The third-order valence-corrected chi connectivity index (χ3v) is 6.34. The van der Waals surface area contributed by atoms with Crippen LogP contribution in [-0.2, 0) is 11.3 Å². The van der Waals surface area contributed by atoms with Gasteiger partial charge >= 0.3 is 0 Å². The number of aryl methyl sites for hydroxylation is 2. The van der Waals surface area contributed by atoms with E-state index in [1.807, 2.05) is 24.3 Å². The average molecular weight is 432 g/mol. The molecule has 2 N–H and O–H groups in total. The number of aromatic nitrogens is 1. The number of nitrogens with one attached hydrogen (secondary N) is 2. The van der Waals surface area contributed by atoms with Crippen LogP contribution < -0.4 is 10.6 Å². The molecule has 6 heteroatoms. The van der Waals surface area contributed by atoms with Crippen LogP contribution in [0.3, 0.4) is 0 Å². The van der Waals surface area contributed by atoms with E-state index >= 15 is 0 Å². The topological polar surface area (TPSA) is 71.1 Å². The van der Waals surface area contributed by atoms with Crippen molar-refractivity contribution in [2.45, 2.75) is 43.2 Å². The standard InChI is InChI=1S/C25H25N3O2S/c1-16-8-9-17(2)22(13-16)31-25-21(7-4-12-26-25)24(30)27-15-18-5-3-6-20(14-18)28-23(29)19-10-11-19/h3-9,12-14,19H,10-11,15H2,1-2H3,(H,27,30)(H,28,29). The van der Waals surface area contributed by atoms with Gasteiger partial charge in [-0.3, -0.25) is 9.59 Å². The number of rotatable bonds is 7. The Labute approximate surface area is 186 Å². The van der Waals surface area contributed by atoms with E-state index in [0.717, 1.165) is 34.6 Å². The fraction of sp³-hybridized carbons (Fsp3) is 0.240. The number of hydrogen-bond acceptors (Lipinski definition) is 4. The van der Waals surface area contributed by atoms with Crippen molar-refractivity contribution in [1.82, 2.24) is 10.3 Å². The van der Waals surface area contributed by atoms with Gasteiger partial charge in [0, 0.05) is 29.2 Å². The summed E-state index contributed by atoms with van der Waals surface area (Å²) in [6.07, 6.45) is 3.64. The number of pyridine rings is 1. The molecule has 0 unspecified atom stereocenters. The molecule has 2 amide bonds. The third-order valence-electron chi connectivity index (χ3n) is 5.16. The van der Waals surface area contributed by atoms with Crippen LogP contribution >= 0.6 is 11.8 Å². The molecule has 2 aromatic carbocycles. The summed E-state index contributed by atoms with van der Waals surface area (Å²) in [4.78, 5) is 30.4. The molecule has 1 heterocycles. The normalized spacial score (nSPS) is 13.0. The second kappa shape index (κ2) is 9.35. The number of nitrogens with zero attached hydrogens (tertiary/aromatic N) is 1. The van der Waals surface area contributed by atoms with E-state index < -0.39 is 0 Å². The van der Waals surface area contributed by atoms with Gasteiger partial charge < -0.3 is 10.6 Å². The Balaban J connectivity index is 1.43. The van der Waals surface area contributed by atoms with Crippen LogP contribution in [0.25, 0.3) is 0 Å². The van der Waals surface area contributed by atoms with E-state index in [4.69, 9.17) is 0 Å². The minimum atomic E-state index is -0.173. The van der Waals surface area contributed by atoms with Gasteiger partial charge in [-0.1, -0.05) is 36.0 Å². The lowest BCUT2D eigenvalue weighted by Gasteiger charge is -2.11. The van der Waals surface area contributed by atoms with Crippen molar-refractivity contribution in [3.63, 3.8) is 0 Å². The van der Waals surface area contributed by atoms with Crippen molar-refractivity contribution in [3.05, 3.63) is 83.0 Å². The molecule has 0 bridgehead atoms. The first-order chi connectivity index (χ1) is 15.0. The Kier molecular flexibility index (Phi) is 6.37. The van der Waals surface area contributed by atoms with Gasteiger partial charge in [-0.2, -0.15) is 0 Å². The van der Waals surface area contributed by atoms with Gasteiger partial charge in [-0.25, -0.2) is 4.98 Å². The predicted octanol–water partition coefficient (Wildman–Crippen LogP) is 5.13. The number of hydrogen-bond donors (Lipinski definition) is 2. The Hall–Kier alpha value is -3.12. The zero-order valence-corrected chi connectivity index (χ0v) is 18.5. The summed E-state index contributed by atoms with van der Waals surface area (Å²) in [5, 5.41) is 6.60. The maximum absolute atomic E-state index is 12.9. The molecule has 0 aliphatic heterocycles. The number of carbonyl (C=O) groups excluding carboxylic acids is 2. The van der Waals surface area contributed by atoms with Crippen LogP contribution in [-0.4, -0.2) is 16.8 Å². The summed E-state index contributed by atoms with van der Waals surface area (Å²) in [7, 11) is 0. The SMILES string of the molecule is Cc1ccc(C)c(Sc2ncccc2C(=O)NCc2cccc(NC(=O)C3CC3)c2)c1. The van der Waals surface area contributed by atoms with Gasteiger partial charge in [-0.05, 0) is 73.7 Å². The van der Waals surface area contributed by atoms with Crippen molar-refractivity contribution in [2.75, 3.05) is 5.32 Å². The number of anilines is 1. The second-order valence-corrected chi connectivity index (χ2v) is 8.90. The molecule has 1 aliphatic rings. The highest BCUT2D eigenvalue weighted by Gasteiger charge is 2.29. The van der Waals surface area contributed by atoms with E-state index in [-0.39, 0.29) is 17.7 Å². The van der Waals surface area contributed by atoms with Crippen LogP contribution in [0.15, 0.2) is 70.7 Å². The molecule has 1 aliphatic carbocycles. The zero-order chi connectivity index (χ0) is 21.8. The lowest BCUT2D eigenvalue weighted by Crippen LogP contribution is -2.23. The Morgan fingerprint density at radius 3 is 2.71 bits per heavy atom. The summed E-state index contributed by atoms with van der Waals surface area (Å²) >= 11 is 1.50. The van der Waals surface area contributed by atoms with E-state index in [1.54, 1.807) is 18.3 Å². The molecule has 0 saturated heterocycles. The highest BCUT2D eigenvalue weighted by molar-refractivity contribution is 7.99. The van der Waals surface area contributed by atoms with Gasteiger partial charge in [0.2, 0.25) is 5.91 Å². The molecule has 1 aromatic heterocycles. The van der Waals surface area contributed by atoms with Gasteiger partial charge in [0.15, 0.2) is 0 Å². The summed E-state index contributed by atoms with van der Waals surface area (Å²) in [6, 6.07) is 17.4. The molecule has 0 atom stereocenters. The molecule has 1 saturated carbocycles. The molecule has 3 aromatic rings. The van der Waals surface area contributed by atoms with E-state index in [2.05, 4.69) is 47.7 Å². The lowest BCUT2D eigenvalue weighted by atomic mass is 10.2. The molecule has 1 fully saturated rings. The van der Waals surface area contributed by atoms with Crippen LogP contribution in [0.2, 0.25) is 0 Å². The number of benzene rings is 2. The molecule has 0 radical (unpaired) electrons. The van der Waals surface area contributed by atoms with E-state index in [0.29, 0.717) is 17.1 Å². The fourth-order valence-corrected chi connectivity index (χ4v) is 4.26. The number of carbonyl (C=O) groups is 2. The first-order valence-electron chi connectivity index (χ1n) is 10.4. The second-order valence-electron chi connectivity index (χ2n) is 7.87. The van der Waals surface area contributed by atoms with E-state index in [9.17, 15) is 9.59 Å². The van der Waals surface area contributed by atoms with Crippen LogP contribution in [0.4, 0.5) is 5.69 Å². The largest absolute Gasteiger partial charge is 0.348 e. The molecule has 5 nitrogen and oxygen atoms in total. The molecule has 4 rings (SSSR count). The Bertz CT molecular complexity index is 1130. The first-order valence-corrected chi connectivity index (χ1v) is 11.2. The summed E-state index contributed by atoms with van der Waals surface area (Å²) in [5.74, 6) is 0.0554. The van der Waals surface area contributed by atoms with Crippen molar-refractivity contribution in [1.29, 1.82) is 0 Å². The van der Waals surface area contributed by atoms with Gasteiger partial charge in [0.1, 0.15) is 5.03 Å². The zero-order valence-electron chi connectivity index (χ0n) is 17.6. The highest BCUT2D eigenvalue weighted by Crippen LogP contribution is 2.32. The van der Waals surface area contributed by atoms with Crippen molar-refractivity contribution >= 4 is 29.3 Å². The predicted molar refractivity (Wildman–Crippen MR) is 123 cm³/mol. The first kappa shape index (κ1) is 21.1. The Morgan fingerprint density at radius 2 is 1.90 bits per heavy atom. The minimum absolute atomic E-state index is 0.0738.